The van der Waals surface area contributed by atoms with Crippen LogP contribution in [0.3, 0.4) is 0 Å². The van der Waals surface area contributed by atoms with E-state index in [0.717, 1.165) is 36.2 Å². The lowest BCUT2D eigenvalue weighted by Gasteiger charge is -2.17. The number of hydrogen-bond acceptors (Lipinski definition) is 5. The molecule has 0 bridgehead atoms. The Bertz CT molecular complexity index is 749. The summed E-state index contributed by atoms with van der Waals surface area (Å²) in [5.74, 6) is 0.600. The minimum absolute atomic E-state index is 0.207. The quantitative estimate of drug-likeness (QED) is 0.774. The SMILES string of the molecule is CN(CCOc1ccc(C[C@H]2SC(=O)NC2=O)cc1)Cc1ccccc1. The lowest BCUT2D eigenvalue weighted by molar-refractivity contribution is -0.118. The molecule has 1 heterocycles. The van der Waals surface area contributed by atoms with Gasteiger partial charge in [-0.15, -0.1) is 0 Å². The third-order valence-corrected chi connectivity index (χ3v) is 5.13. The first-order chi connectivity index (χ1) is 12.6. The first-order valence-corrected chi connectivity index (χ1v) is 9.44. The molecule has 0 saturated carbocycles. The van der Waals surface area contributed by atoms with Crippen LogP contribution in [0.1, 0.15) is 11.1 Å². The van der Waals surface area contributed by atoms with Gasteiger partial charge >= 0.3 is 0 Å². The molecule has 1 N–H and O–H groups in total. The lowest BCUT2D eigenvalue weighted by atomic mass is 10.1. The molecule has 2 amide bonds. The van der Waals surface area contributed by atoms with Gasteiger partial charge in [0, 0.05) is 13.1 Å². The van der Waals surface area contributed by atoms with E-state index < -0.39 is 0 Å². The number of likely N-dealkylation sites (N-methyl/N-ethyl adjacent to an activating group) is 1. The normalized spacial score (nSPS) is 16.8. The van der Waals surface area contributed by atoms with Crippen LogP contribution in [0.2, 0.25) is 0 Å². The molecule has 0 spiro atoms. The standard InChI is InChI=1S/C20H22N2O3S/c1-22(14-16-5-3-2-4-6-16)11-12-25-17-9-7-15(8-10-17)13-18-19(23)21-20(24)26-18/h2-10,18H,11-14H2,1H3,(H,21,23,24)/t18-/m1/s1. The van der Waals surface area contributed by atoms with Crippen LogP contribution < -0.4 is 10.1 Å². The molecule has 0 aromatic heterocycles. The molecule has 0 radical (unpaired) electrons. The highest BCUT2D eigenvalue weighted by Crippen LogP contribution is 2.23. The van der Waals surface area contributed by atoms with Crippen LogP contribution in [0, 0.1) is 0 Å². The number of nitrogens with zero attached hydrogens (tertiary/aromatic N) is 1. The van der Waals surface area contributed by atoms with Crippen molar-refractivity contribution in [1.29, 1.82) is 0 Å². The van der Waals surface area contributed by atoms with Gasteiger partial charge in [-0.2, -0.15) is 0 Å². The first kappa shape index (κ1) is 18.5. The van der Waals surface area contributed by atoms with Crippen LogP contribution in [0.15, 0.2) is 54.6 Å². The minimum Gasteiger partial charge on any atom is -0.492 e. The number of carbonyl (C=O) groups is 2. The van der Waals surface area contributed by atoms with Gasteiger partial charge in [-0.05, 0) is 36.7 Å². The molecule has 1 fully saturated rings. The highest BCUT2D eigenvalue weighted by Gasteiger charge is 2.31. The number of thioether (sulfide) groups is 1. The van der Waals surface area contributed by atoms with E-state index in [1.54, 1.807) is 0 Å². The summed E-state index contributed by atoms with van der Waals surface area (Å²) in [7, 11) is 2.07. The van der Waals surface area contributed by atoms with E-state index in [1.807, 2.05) is 42.5 Å². The van der Waals surface area contributed by atoms with E-state index in [1.165, 1.54) is 5.56 Å². The Hall–Kier alpha value is -2.31. The summed E-state index contributed by atoms with van der Waals surface area (Å²) in [4.78, 5) is 25.0. The van der Waals surface area contributed by atoms with Crippen LogP contribution in [0.4, 0.5) is 4.79 Å². The van der Waals surface area contributed by atoms with E-state index >= 15 is 0 Å². The molecule has 2 aromatic rings. The van der Waals surface area contributed by atoms with Crippen molar-refractivity contribution in [2.45, 2.75) is 18.2 Å². The average molecular weight is 370 g/mol. The Balaban J connectivity index is 1.41. The number of benzene rings is 2. The number of imide groups is 1. The molecule has 136 valence electrons. The maximum Gasteiger partial charge on any atom is 0.286 e. The zero-order chi connectivity index (χ0) is 18.4. The Labute approximate surface area is 157 Å². The van der Waals surface area contributed by atoms with Gasteiger partial charge in [0.05, 0.1) is 5.25 Å². The van der Waals surface area contributed by atoms with Gasteiger partial charge in [0.1, 0.15) is 12.4 Å². The summed E-state index contributed by atoms with van der Waals surface area (Å²) >= 11 is 1.05. The van der Waals surface area contributed by atoms with E-state index in [4.69, 9.17) is 4.74 Å². The first-order valence-electron chi connectivity index (χ1n) is 8.56. The summed E-state index contributed by atoms with van der Waals surface area (Å²) in [5.41, 5.74) is 2.30. The van der Waals surface area contributed by atoms with E-state index in [0.29, 0.717) is 13.0 Å². The Kier molecular flexibility index (Phi) is 6.30. The molecule has 1 atom stereocenters. The van der Waals surface area contributed by atoms with Gasteiger partial charge in [0.25, 0.3) is 5.24 Å². The summed E-state index contributed by atoms with van der Waals surface area (Å²) in [5, 5.41) is 1.71. The zero-order valence-electron chi connectivity index (χ0n) is 14.7. The molecule has 5 nitrogen and oxygen atoms in total. The summed E-state index contributed by atoms with van der Waals surface area (Å²) in [6, 6.07) is 18.1. The number of nitrogens with one attached hydrogen (secondary N) is 1. The number of hydrogen-bond donors (Lipinski definition) is 1. The van der Waals surface area contributed by atoms with E-state index in [9.17, 15) is 9.59 Å². The monoisotopic (exact) mass is 370 g/mol. The van der Waals surface area contributed by atoms with Gasteiger partial charge in [0.2, 0.25) is 5.91 Å². The Morgan fingerprint density at radius 3 is 2.42 bits per heavy atom. The fourth-order valence-corrected chi connectivity index (χ4v) is 3.62. The van der Waals surface area contributed by atoms with Crippen molar-refractivity contribution in [2.75, 3.05) is 20.2 Å². The zero-order valence-corrected chi connectivity index (χ0v) is 15.5. The topological polar surface area (TPSA) is 58.6 Å². The number of carbonyl (C=O) groups excluding carboxylic acids is 2. The van der Waals surface area contributed by atoms with Crippen molar-refractivity contribution in [3.63, 3.8) is 0 Å². The van der Waals surface area contributed by atoms with Gasteiger partial charge in [0.15, 0.2) is 0 Å². The highest BCUT2D eigenvalue weighted by molar-refractivity contribution is 8.15. The molecule has 1 aliphatic heterocycles. The van der Waals surface area contributed by atoms with Crippen LogP contribution >= 0.6 is 11.8 Å². The molecule has 0 aliphatic carbocycles. The largest absolute Gasteiger partial charge is 0.492 e. The van der Waals surface area contributed by atoms with Crippen molar-refractivity contribution in [1.82, 2.24) is 10.2 Å². The predicted molar refractivity (Wildman–Crippen MR) is 103 cm³/mol. The molecule has 6 heteroatoms. The molecular formula is C20H22N2O3S. The minimum atomic E-state index is -0.332. The van der Waals surface area contributed by atoms with Crippen molar-refractivity contribution in [3.05, 3.63) is 65.7 Å². The fraction of sp³-hybridized carbons (Fsp3) is 0.300. The second-order valence-electron chi connectivity index (χ2n) is 6.30. The van der Waals surface area contributed by atoms with Crippen LogP contribution in [-0.2, 0) is 17.8 Å². The molecule has 3 rings (SSSR count). The maximum atomic E-state index is 11.6. The van der Waals surface area contributed by atoms with Crippen molar-refractivity contribution in [2.24, 2.45) is 0 Å². The van der Waals surface area contributed by atoms with Gasteiger partial charge in [-0.3, -0.25) is 19.8 Å². The van der Waals surface area contributed by atoms with Gasteiger partial charge in [-0.25, -0.2) is 0 Å². The second-order valence-corrected chi connectivity index (χ2v) is 7.48. The molecule has 26 heavy (non-hydrogen) atoms. The van der Waals surface area contributed by atoms with Crippen molar-refractivity contribution in [3.8, 4) is 5.75 Å². The van der Waals surface area contributed by atoms with E-state index in [2.05, 4.69) is 29.4 Å². The number of amides is 2. The third kappa shape index (κ3) is 5.34. The Morgan fingerprint density at radius 2 is 1.77 bits per heavy atom. The fourth-order valence-electron chi connectivity index (χ4n) is 2.76. The van der Waals surface area contributed by atoms with Crippen molar-refractivity contribution >= 4 is 22.9 Å². The van der Waals surface area contributed by atoms with Crippen LogP contribution in [0.5, 0.6) is 5.75 Å². The lowest BCUT2D eigenvalue weighted by Crippen LogP contribution is -2.25. The Morgan fingerprint density at radius 1 is 1.04 bits per heavy atom. The smallest absolute Gasteiger partial charge is 0.286 e. The third-order valence-electron chi connectivity index (χ3n) is 4.15. The molecule has 0 unspecified atom stereocenters. The van der Waals surface area contributed by atoms with Gasteiger partial charge in [-0.1, -0.05) is 54.2 Å². The van der Waals surface area contributed by atoms with Crippen LogP contribution in [0.25, 0.3) is 0 Å². The van der Waals surface area contributed by atoms with Crippen molar-refractivity contribution < 1.29 is 14.3 Å². The maximum absolute atomic E-state index is 11.6. The summed E-state index contributed by atoms with van der Waals surface area (Å²) < 4.78 is 5.80. The van der Waals surface area contributed by atoms with Crippen LogP contribution in [-0.4, -0.2) is 41.5 Å². The van der Waals surface area contributed by atoms with E-state index in [-0.39, 0.29) is 16.4 Å². The summed E-state index contributed by atoms with van der Waals surface area (Å²) in [6.45, 7) is 2.33. The predicted octanol–water partition coefficient (Wildman–Crippen LogP) is 3.09. The molecule has 1 aliphatic rings. The number of rotatable bonds is 8. The molecular weight excluding hydrogens is 348 g/mol. The summed E-state index contributed by atoms with van der Waals surface area (Å²) in [6.07, 6.45) is 0.544. The van der Waals surface area contributed by atoms with Gasteiger partial charge < -0.3 is 4.74 Å². The molecule has 2 aromatic carbocycles. The molecule has 1 saturated heterocycles. The average Bonchev–Trinajstić information content (AvgIpc) is 2.94. The second kappa shape index (κ2) is 8.87. The highest BCUT2D eigenvalue weighted by atomic mass is 32.2. The number of ether oxygens (including phenoxy) is 1.